The van der Waals surface area contributed by atoms with Crippen LogP contribution in [0.25, 0.3) is 0 Å². The highest BCUT2D eigenvalue weighted by Crippen LogP contribution is 2.40. The van der Waals surface area contributed by atoms with Gasteiger partial charge in [-0.3, -0.25) is 0 Å². The Bertz CT molecular complexity index is 717. The molecular formula is C17H21ClN2O5. The van der Waals surface area contributed by atoms with Crippen molar-refractivity contribution in [3.8, 4) is 11.5 Å². The van der Waals surface area contributed by atoms with Crippen molar-refractivity contribution in [2.75, 3.05) is 20.8 Å². The standard InChI is InChI=1S/C17H21ClN2O5/c1-5-11-13(16(21)24-4)14(20-17(22)19-11)9-7-10(18)15(23-3)12(8-9)25-6-2/h7-8,14H,5-6H2,1-4H3,(H2,19,20,22). The Morgan fingerprint density at radius 3 is 2.56 bits per heavy atom. The minimum atomic E-state index is -0.709. The Morgan fingerprint density at radius 1 is 1.28 bits per heavy atom. The van der Waals surface area contributed by atoms with Crippen molar-refractivity contribution in [1.82, 2.24) is 10.6 Å². The Hall–Kier alpha value is -2.41. The molecule has 8 heteroatoms. The van der Waals surface area contributed by atoms with Crippen molar-refractivity contribution in [2.45, 2.75) is 26.3 Å². The molecule has 0 aliphatic carbocycles. The molecule has 0 spiro atoms. The van der Waals surface area contributed by atoms with Crippen molar-refractivity contribution in [2.24, 2.45) is 0 Å². The predicted molar refractivity (Wildman–Crippen MR) is 92.9 cm³/mol. The smallest absolute Gasteiger partial charge is 0.337 e. The molecule has 0 saturated heterocycles. The summed E-state index contributed by atoms with van der Waals surface area (Å²) in [7, 11) is 2.79. The molecule has 0 aromatic heterocycles. The molecule has 0 bridgehead atoms. The second kappa shape index (κ2) is 8.11. The van der Waals surface area contributed by atoms with Crippen LogP contribution in [0.5, 0.6) is 11.5 Å². The summed E-state index contributed by atoms with van der Waals surface area (Å²) < 4.78 is 15.7. The van der Waals surface area contributed by atoms with Crippen LogP contribution in [0.15, 0.2) is 23.4 Å². The number of carbonyl (C=O) groups excluding carboxylic acids is 2. The Kier molecular flexibility index (Phi) is 6.14. The van der Waals surface area contributed by atoms with Crippen molar-refractivity contribution in [1.29, 1.82) is 0 Å². The van der Waals surface area contributed by atoms with E-state index >= 15 is 0 Å². The normalized spacial score (nSPS) is 16.8. The maximum absolute atomic E-state index is 12.3. The lowest BCUT2D eigenvalue weighted by Crippen LogP contribution is -2.45. The number of esters is 1. The molecule has 2 rings (SSSR count). The number of amides is 2. The number of urea groups is 1. The number of carbonyl (C=O) groups is 2. The first-order chi connectivity index (χ1) is 12.0. The van der Waals surface area contributed by atoms with E-state index in [1.807, 2.05) is 13.8 Å². The first-order valence-electron chi connectivity index (χ1n) is 7.85. The van der Waals surface area contributed by atoms with Crippen LogP contribution >= 0.6 is 11.6 Å². The summed E-state index contributed by atoms with van der Waals surface area (Å²) in [6.07, 6.45) is 0.469. The van der Waals surface area contributed by atoms with Gasteiger partial charge in [0.05, 0.1) is 37.5 Å². The van der Waals surface area contributed by atoms with Gasteiger partial charge in [-0.2, -0.15) is 0 Å². The molecule has 1 aromatic rings. The van der Waals surface area contributed by atoms with Gasteiger partial charge in [-0.05, 0) is 31.0 Å². The average molecular weight is 369 g/mol. The van der Waals surface area contributed by atoms with E-state index in [9.17, 15) is 9.59 Å². The van der Waals surface area contributed by atoms with Crippen molar-refractivity contribution in [3.05, 3.63) is 34.0 Å². The predicted octanol–water partition coefficient (Wildman–Crippen LogP) is 2.94. The third kappa shape index (κ3) is 3.82. The highest BCUT2D eigenvalue weighted by atomic mass is 35.5. The van der Waals surface area contributed by atoms with E-state index in [1.165, 1.54) is 14.2 Å². The van der Waals surface area contributed by atoms with E-state index in [-0.39, 0.29) is 0 Å². The highest BCUT2D eigenvalue weighted by molar-refractivity contribution is 6.32. The maximum atomic E-state index is 12.3. The molecule has 1 heterocycles. The van der Waals surface area contributed by atoms with E-state index in [4.69, 9.17) is 25.8 Å². The molecule has 1 aromatic carbocycles. The van der Waals surface area contributed by atoms with Gasteiger partial charge in [0.25, 0.3) is 0 Å². The molecule has 1 aliphatic rings. The Balaban J connectivity index is 2.61. The van der Waals surface area contributed by atoms with Gasteiger partial charge in [-0.1, -0.05) is 18.5 Å². The van der Waals surface area contributed by atoms with Gasteiger partial charge in [0, 0.05) is 5.70 Å². The fraction of sp³-hybridized carbons (Fsp3) is 0.412. The molecule has 0 radical (unpaired) electrons. The molecule has 0 saturated carbocycles. The van der Waals surface area contributed by atoms with Crippen LogP contribution in [0, 0.1) is 0 Å². The zero-order chi connectivity index (χ0) is 18.6. The van der Waals surface area contributed by atoms with Crippen LogP contribution in [0.3, 0.4) is 0 Å². The molecule has 1 unspecified atom stereocenters. The summed E-state index contributed by atoms with van der Waals surface area (Å²) in [4.78, 5) is 24.3. The first kappa shape index (κ1) is 18.9. The third-order valence-electron chi connectivity index (χ3n) is 3.78. The van der Waals surface area contributed by atoms with Crippen LogP contribution in [0.4, 0.5) is 4.79 Å². The lowest BCUT2D eigenvalue weighted by Gasteiger charge is -2.29. The van der Waals surface area contributed by atoms with Crippen LogP contribution in [-0.4, -0.2) is 32.8 Å². The largest absolute Gasteiger partial charge is 0.491 e. The van der Waals surface area contributed by atoms with Crippen molar-refractivity contribution >= 4 is 23.6 Å². The fourth-order valence-corrected chi connectivity index (χ4v) is 3.01. The summed E-state index contributed by atoms with van der Waals surface area (Å²) in [5.74, 6) is 0.300. The molecule has 1 aliphatic heterocycles. The van der Waals surface area contributed by atoms with E-state index in [0.29, 0.717) is 46.4 Å². The van der Waals surface area contributed by atoms with Crippen LogP contribution in [-0.2, 0) is 9.53 Å². The zero-order valence-corrected chi connectivity index (χ0v) is 15.3. The Morgan fingerprint density at radius 2 is 2.00 bits per heavy atom. The summed E-state index contributed by atoms with van der Waals surface area (Å²) >= 11 is 6.29. The van der Waals surface area contributed by atoms with Gasteiger partial charge >= 0.3 is 12.0 Å². The molecule has 7 nitrogen and oxygen atoms in total. The number of halogens is 1. The minimum absolute atomic E-state index is 0.318. The van der Waals surface area contributed by atoms with Crippen molar-refractivity contribution in [3.63, 3.8) is 0 Å². The van der Waals surface area contributed by atoms with E-state index < -0.39 is 18.0 Å². The summed E-state index contributed by atoms with van der Waals surface area (Å²) in [5, 5.41) is 5.70. The SMILES string of the molecule is CCOc1cc(C2NC(=O)NC(CC)=C2C(=O)OC)cc(Cl)c1OC. The van der Waals surface area contributed by atoms with Gasteiger partial charge in [0.1, 0.15) is 0 Å². The minimum Gasteiger partial charge on any atom is -0.491 e. The fourth-order valence-electron chi connectivity index (χ4n) is 2.71. The number of allylic oxidation sites excluding steroid dienone is 1. The first-order valence-corrected chi connectivity index (χ1v) is 8.23. The Labute approximate surface area is 151 Å². The van der Waals surface area contributed by atoms with Crippen LogP contribution in [0.2, 0.25) is 5.02 Å². The quantitative estimate of drug-likeness (QED) is 0.754. The zero-order valence-electron chi connectivity index (χ0n) is 14.6. The lowest BCUT2D eigenvalue weighted by atomic mass is 9.94. The van der Waals surface area contributed by atoms with E-state index in [0.717, 1.165) is 0 Å². The topological polar surface area (TPSA) is 85.9 Å². The second-order valence-electron chi connectivity index (χ2n) is 5.24. The molecule has 0 fully saturated rings. The number of rotatable bonds is 6. The van der Waals surface area contributed by atoms with Crippen molar-refractivity contribution < 1.29 is 23.8 Å². The van der Waals surface area contributed by atoms with Gasteiger partial charge in [-0.15, -0.1) is 0 Å². The number of ether oxygens (including phenoxy) is 3. The number of benzene rings is 1. The highest BCUT2D eigenvalue weighted by Gasteiger charge is 2.33. The number of hydrogen-bond acceptors (Lipinski definition) is 5. The molecule has 2 N–H and O–H groups in total. The summed E-state index contributed by atoms with van der Waals surface area (Å²) in [6.45, 7) is 4.09. The number of nitrogens with one attached hydrogen (secondary N) is 2. The average Bonchev–Trinajstić information content (AvgIpc) is 2.60. The summed E-state index contributed by atoms with van der Waals surface area (Å²) in [5.41, 5.74) is 1.43. The molecule has 136 valence electrons. The number of methoxy groups -OCH3 is 2. The van der Waals surface area contributed by atoms with Gasteiger partial charge in [0.15, 0.2) is 11.5 Å². The molecular weight excluding hydrogens is 348 g/mol. The third-order valence-corrected chi connectivity index (χ3v) is 4.06. The monoisotopic (exact) mass is 368 g/mol. The van der Waals surface area contributed by atoms with Crippen LogP contribution in [0.1, 0.15) is 31.9 Å². The van der Waals surface area contributed by atoms with Gasteiger partial charge < -0.3 is 24.8 Å². The molecule has 25 heavy (non-hydrogen) atoms. The van der Waals surface area contributed by atoms with Gasteiger partial charge in [0.2, 0.25) is 0 Å². The van der Waals surface area contributed by atoms with E-state index in [1.54, 1.807) is 12.1 Å². The molecule has 2 amide bonds. The lowest BCUT2D eigenvalue weighted by molar-refractivity contribution is -0.136. The second-order valence-corrected chi connectivity index (χ2v) is 5.64. The maximum Gasteiger partial charge on any atom is 0.337 e. The van der Waals surface area contributed by atoms with Gasteiger partial charge in [-0.25, -0.2) is 9.59 Å². The summed E-state index contributed by atoms with van der Waals surface area (Å²) in [6, 6.07) is 2.22. The van der Waals surface area contributed by atoms with Crippen LogP contribution < -0.4 is 20.1 Å². The number of hydrogen-bond donors (Lipinski definition) is 2. The van der Waals surface area contributed by atoms with E-state index in [2.05, 4.69) is 10.6 Å². The molecule has 1 atom stereocenters.